The molecule has 0 spiro atoms. The molecule has 0 saturated carbocycles. The van der Waals surface area contributed by atoms with Crippen molar-refractivity contribution in [3.63, 3.8) is 0 Å². The second-order valence-corrected chi connectivity index (χ2v) is 6.76. The van der Waals surface area contributed by atoms with Gasteiger partial charge in [0.2, 0.25) is 0 Å². The van der Waals surface area contributed by atoms with Crippen LogP contribution in [0.25, 0.3) is 22.4 Å². The van der Waals surface area contributed by atoms with Crippen LogP contribution < -0.4 is 10.1 Å². The molecule has 4 aromatic rings. The second-order valence-electron chi connectivity index (χ2n) is 6.76. The molecule has 3 aromatic heterocycles. The van der Waals surface area contributed by atoms with Crippen molar-refractivity contribution < 1.29 is 18.6 Å². The van der Waals surface area contributed by atoms with Crippen molar-refractivity contribution in [2.24, 2.45) is 0 Å². The lowest BCUT2D eigenvalue weighted by Crippen LogP contribution is -2.15. The summed E-state index contributed by atoms with van der Waals surface area (Å²) >= 11 is 0. The second kappa shape index (κ2) is 7.82. The average Bonchev–Trinajstić information content (AvgIpc) is 3.30. The zero-order chi connectivity index (χ0) is 21.3. The molecule has 4 rings (SSSR count). The molecular weight excluding hydrogens is 384 g/mol. The molecule has 0 fully saturated rings. The number of benzene rings is 1. The topological polar surface area (TPSA) is 103 Å². The highest BCUT2D eigenvalue weighted by Crippen LogP contribution is 2.33. The largest absolute Gasteiger partial charge is 0.493 e. The van der Waals surface area contributed by atoms with E-state index in [9.17, 15) is 4.79 Å². The zero-order valence-electron chi connectivity index (χ0n) is 17.0. The zero-order valence-corrected chi connectivity index (χ0v) is 17.0. The summed E-state index contributed by atoms with van der Waals surface area (Å²) < 4.78 is 16.0. The van der Waals surface area contributed by atoms with Crippen molar-refractivity contribution in [2.45, 2.75) is 20.8 Å². The summed E-state index contributed by atoms with van der Waals surface area (Å²) in [7, 11) is 1.52. The van der Waals surface area contributed by atoms with Crippen LogP contribution in [0.15, 0.2) is 51.6 Å². The highest BCUT2D eigenvalue weighted by molar-refractivity contribution is 6.09. The molecule has 152 valence electrons. The highest BCUT2D eigenvalue weighted by atomic mass is 16.5. The summed E-state index contributed by atoms with van der Waals surface area (Å²) in [6, 6.07) is 11.2. The molecule has 0 bridgehead atoms. The Balaban J connectivity index is 1.67. The molecule has 30 heavy (non-hydrogen) atoms. The van der Waals surface area contributed by atoms with Crippen LogP contribution in [-0.2, 0) is 0 Å². The smallest absolute Gasteiger partial charge is 0.262 e. The number of aryl methyl sites for hydroxylation is 3. The third-order valence-electron chi connectivity index (χ3n) is 4.76. The standard InChI is InChI=1S/C22H20N4O4/c1-12-18(13(2)29-25-12)16-10-17(28-4)21(23-11-16)24-22(27)19-14(3)30-26-20(19)15-8-6-5-7-9-15/h5-11H,1-4H3,(H,23,24,27). The maximum absolute atomic E-state index is 13.0. The van der Waals surface area contributed by atoms with Gasteiger partial charge in [0, 0.05) is 22.9 Å². The molecule has 8 nitrogen and oxygen atoms in total. The van der Waals surface area contributed by atoms with E-state index in [1.807, 2.05) is 44.2 Å². The van der Waals surface area contributed by atoms with Crippen LogP contribution in [0, 0.1) is 20.8 Å². The Morgan fingerprint density at radius 2 is 1.73 bits per heavy atom. The Morgan fingerprint density at radius 1 is 1.00 bits per heavy atom. The molecule has 0 aliphatic rings. The van der Waals surface area contributed by atoms with Crippen LogP contribution in [0.2, 0.25) is 0 Å². The Kier molecular flexibility index (Phi) is 5.05. The lowest BCUT2D eigenvalue weighted by atomic mass is 10.1. The number of nitrogens with one attached hydrogen (secondary N) is 1. The van der Waals surface area contributed by atoms with Crippen molar-refractivity contribution in [3.8, 4) is 28.1 Å². The molecule has 1 amide bonds. The fourth-order valence-electron chi connectivity index (χ4n) is 3.33. The van der Waals surface area contributed by atoms with E-state index in [-0.39, 0.29) is 11.7 Å². The summed E-state index contributed by atoms with van der Waals surface area (Å²) in [6.45, 7) is 5.38. The third-order valence-corrected chi connectivity index (χ3v) is 4.76. The number of rotatable bonds is 5. The summed E-state index contributed by atoms with van der Waals surface area (Å²) in [5, 5.41) is 10.8. The molecule has 8 heteroatoms. The first kappa shape index (κ1) is 19.4. The molecule has 0 aliphatic carbocycles. The first-order valence-electron chi connectivity index (χ1n) is 9.30. The van der Waals surface area contributed by atoms with E-state index in [1.54, 1.807) is 19.2 Å². The molecule has 3 heterocycles. The number of carbonyl (C=O) groups excluding carboxylic acids is 1. The number of pyridine rings is 1. The molecule has 0 atom stereocenters. The van der Waals surface area contributed by atoms with E-state index in [4.69, 9.17) is 13.8 Å². The van der Waals surface area contributed by atoms with Crippen molar-refractivity contribution >= 4 is 11.7 Å². The number of hydrogen-bond donors (Lipinski definition) is 1. The SMILES string of the molecule is COc1cc(-c2c(C)noc2C)cnc1NC(=O)c1c(-c2ccccc2)noc1C. The van der Waals surface area contributed by atoms with Gasteiger partial charge >= 0.3 is 0 Å². The van der Waals surface area contributed by atoms with Gasteiger partial charge in [0.05, 0.1) is 12.8 Å². The van der Waals surface area contributed by atoms with Crippen LogP contribution in [0.5, 0.6) is 5.75 Å². The van der Waals surface area contributed by atoms with E-state index in [0.29, 0.717) is 28.5 Å². The third kappa shape index (κ3) is 3.43. The van der Waals surface area contributed by atoms with Gasteiger partial charge in [0.25, 0.3) is 5.91 Å². The molecule has 0 aliphatic heterocycles. The number of nitrogens with zero attached hydrogens (tertiary/aromatic N) is 3. The van der Waals surface area contributed by atoms with Gasteiger partial charge in [-0.05, 0) is 26.8 Å². The lowest BCUT2D eigenvalue weighted by molar-refractivity contribution is 0.102. The van der Waals surface area contributed by atoms with Crippen LogP contribution in [0.3, 0.4) is 0 Å². The first-order valence-corrected chi connectivity index (χ1v) is 9.30. The van der Waals surface area contributed by atoms with Gasteiger partial charge in [-0.2, -0.15) is 0 Å². The maximum atomic E-state index is 13.0. The summed E-state index contributed by atoms with van der Waals surface area (Å²) in [4.78, 5) is 17.4. The van der Waals surface area contributed by atoms with Gasteiger partial charge in [-0.15, -0.1) is 0 Å². The minimum absolute atomic E-state index is 0.289. The van der Waals surface area contributed by atoms with Gasteiger partial charge in [0.1, 0.15) is 22.8 Å². The monoisotopic (exact) mass is 404 g/mol. The Labute approximate surface area is 172 Å². The van der Waals surface area contributed by atoms with Crippen LogP contribution in [0.1, 0.15) is 27.6 Å². The number of anilines is 1. The summed E-state index contributed by atoms with van der Waals surface area (Å²) in [6.07, 6.45) is 1.64. The van der Waals surface area contributed by atoms with Gasteiger partial charge in [-0.25, -0.2) is 4.98 Å². The van der Waals surface area contributed by atoms with Gasteiger partial charge in [-0.3, -0.25) is 4.79 Å². The predicted octanol–water partition coefficient (Wildman–Crippen LogP) is 4.58. The first-order chi connectivity index (χ1) is 14.5. The molecule has 0 unspecified atom stereocenters. The van der Waals surface area contributed by atoms with Crippen molar-refractivity contribution in [1.29, 1.82) is 0 Å². The number of methoxy groups -OCH3 is 1. The van der Waals surface area contributed by atoms with Crippen molar-refractivity contribution in [3.05, 3.63) is 65.4 Å². The number of amides is 1. The van der Waals surface area contributed by atoms with Gasteiger partial charge in [-0.1, -0.05) is 40.6 Å². The Morgan fingerprint density at radius 3 is 2.40 bits per heavy atom. The van der Waals surface area contributed by atoms with Gasteiger partial charge in [0.15, 0.2) is 11.6 Å². The van der Waals surface area contributed by atoms with Crippen LogP contribution >= 0.6 is 0 Å². The number of carbonyl (C=O) groups is 1. The molecule has 1 aromatic carbocycles. The van der Waals surface area contributed by atoms with Crippen molar-refractivity contribution in [2.75, 3.05) is 12.4 Å². The highest BCUT2D eigenvalue weighted by Gasteiger charge is 2.23. The quantitative estimate of drug-likeness (QED) is 0.519. The lowest BCUT2D eigenvalue weighted by Gasteiger charge is -2.11. The summed E-state index contributed by atoms with van der Waals surface area (Å²) in [5.74, 6) is 1.41. The molecular formula is C22H20N4O4. The van der Waals surface area contributed by atoms with E-state index >= 15 is 0 Å². The number of hydrogen-bond acceptors (Lipinski definition) is 7. The van der Waals surface area contributed by atoms with Crippen LogP contribution in [0.4, 0.5) is 5.82 Å². The van der Waals surface area contributed by atoms with Gasteiger partial charge < -0.3 is 19.1 Å². The molecule has 1 N–H and O–H groups in total. The maximum Gasteiger partial charge on any atom is 0.262 e. The fourth-order valence-corrected chi connectivity index (χ4v) is 3.33. The fraction of sp³-hybridized carbons (Fsp3) is 0.182. The van der Waals surface area contributed by atoms with E-state index in [2.05, 4.69) is 20.6 Å². The minimum atomic E-state index is -0.386. The average molecular weight is 404 g/mol. The Hall–Kier alpha value is -3.94. The normalized spacial score (nSPS) is 10.8. The van der Waals surface area contributed by atoms with E-state index in [1.165, 1.54) is 7.11 Å². The minimum Gasteiger partial charge on any atom is -0.493 e. The summed E-state index contributed by atoms with van der Waals surface area (Å²) in [5.41, 5.74) is 3.98. The number of ether oxygens (including phenoxy) is 1. The number of aromatic nitrogens is 3. The molecule has 0 saturated heterocycles. The Bertz CT molecular complexity index is 1190. The predicted molar refractivity (Wildman–Crippen MR) is 110 cm³/mol. The van der Waals surface area contributed by atoms with E-state index < -0.39 is 0 Å². The molecule has 0 radical (unpaired) electrons. The van der Waals surface area contributed by atoms with Crippen molar-refractivity contribution in [1.82, 2.24) is 15.3 Å². The van der Waals surface area contributed by atoms with E-state index in [0.717, 1.165) is 22.4 Å². The van der Waals surface area contributed by atoms with Crippen LogP contribution in [-0.4, -0.2) is 28.3 Å².